The highest BCUT2D eigenvalue weighted by Gasteiger charge is 2.30. The van der Waals surface area contributed by atoms with Gasteiger partial charge in [-0.2, -0.15) is 14.2 Å². The minimum atomic E-state index is -0.803. The summed E-state index contributed by atoms with van der Waals surface area (Å²) in [6.07, 6.45) is 8.70. The predicted octanol–water partition coefficient (Wildman–Crippen LogP) is 7.15. The third kappa shape index (κ3) is 6.19. The van der Waals surface area contributed by atoms with Crippen molar-refractivity contribution < 1.29 is 27.1 Å². The highest BCUT2D eigenvalue weighted by atomic mass is 35.5. The van der Waals surface area contributed by atoms with Gasteiger partial charge in [0.05, 0.1) is 23.0 Å². The number of hydrogen-bond donors (Lipinski definition) is 1. The van der Waals surface area contributed by atoms with Gasteiger partial charge in [0, 0.05) is 46.9 Å². The minimum Gasteiger partial charge on any atom is -0.618 e. The van der Waals surface area contributed by atoms with E-state index in [0.29, 0.717) is 21.4 Å². The molecule has 1 aliphatic rings. The Morgan fingerprint density at radius 3 is 2.51 bits per heavy atom. The fourth-order valence-corrected chi connectivity index (χ4v) is 5.56. The van der Waals surface area contributed by atoms with E-state index in [4.69, 9.17) is 16.0 Å². The van der Waals surface area contributed by atoms with Gasteiger partial charge in [-0.15, -0.1) is 0 Å². The van der Waals surface area contributed by atoms with Crippen LogP contribution < -0.4 is 10.0 Å². The van der Waals surface area contributed by atoms with E-state index in [9.17, 15) is 14.4 Å². The van der Waals surface area contributed by atoms with Crippen molar-refractivity contribution in [3.05, 3.63) is 131 Å². The largest absolute Gasteiger partial charge is 0.618 e. The molecule has 7 rings (SSSR count). The molecule has 0 spiro atoms. The van der Waals surface area contributed by atoms with Gasteiger partial charge in [0.1, 0.15) is 17.7 Å². The summed E-state index contributed by atoms with van der Waals surface area (Å²) in [4.78, 5) is 19.9. The first-order valence-corrected chi connectivity index (χ1v) is 15.0. The summed E-state index contributed by atoms with van der Waals surface area (Å²) in [5.41, 5.74) is 2.10. The Labute approximate surface area is 270 Å². The lowest BCUT2D eigenvalue weighted by atomic mass is 9.97. The summed E-state index contributed by atoms with van der Waals surface area (Å²) in [7, 11) is 0. The monoisotopic (exact) mass is 656 g/mol. The molecule has 4 heterocycles. The average molecular weight is 657 g/mol. The zero-order valence-corrected chi connectivity index (χ0v) is 25.2. The first-order valence-electron chi connectivity index (χ1n) is 14.6. The summed E-state index contributed by atoms with van der Waals surface area (Å²) in [5, 5.41) is 20.6. The predicted molar refractivity (Wildman–Crippen MR) is 166 cm³/mol. The van der Waals surface area contributed by atoms with Crippen LogP contribution in [0.3, 0.4) is 0 Å². The quantitative estimate of drug-likeness (QED) is 0.100. The van der Waals surface area contributed by atoms with Crippen molar-refractivity contribution in [3.8, 4) is 33.6 Å². The molecule has 0 radical (unpaired) electrons. The number of halogens is 4. The van der Waals surface area contributed by atoms with Gasteiger partial charge >= 0.3 is 0 Å². The van der Waals surface area contributed by atoms with E-state index >= 15 is 8.78 Å². The lowest BCUT2D eigenvalue weighted by molar-refractivity contribution is -0.615. The number of anilines is 1. The molecule has 6 aromatic rings. The van der Waals surface area contributed by atoms with Crippen LogP contribution in [0, 0.1) is 28.7 Å². The van der Waals surface area contributed by atoms with Crippen LogP contribution in [-0.2, 0) is 11.2 Å². The Hall–Kier alpha value is -5.49. The van der Waals surface area contributed by atoms with Crippen molar-refractivity contribution in [2.45, 2.75) is 25.3 Å². The van der Waals surface area contributed by atoms with Gasteiger partial charge in [-0.3, -0.25) is 9.48 Å². The number of amides is 1. The zero-order valence-electron chi connectivity index (χ0n) is 24.4. The number of nitrogens with zero attached hydrogens (tertiary/aromatic N) is 5. The van der Waals surface area contributed by atoms with Gasteiger partial charge in [0.15, 0.2) is 24.2 Å². The van der Waals surface area contributed by atoms with E-state index in [1.165, 1.54) is 60.0 Å². The fraction of sp³-hybridized carbons (Fsp3) is 0.147. The molecule has 1 saturated carbocycles. The van der Waals surface area contributed by atoms with Crippen molar-refractivity contribution in [3.63, 3.8) is 0 Å². The lowest BCUT2D eigenvalue weighted by Crippen LogP contribution is -2.36. The van der Waals surface area contributed by atoms with E-state index in [1.54, 1.807) is 36.5 Å². The third-order valence-corrected chi connectivity index (χ3v) is 8.28. The van der Waals surface area contributed by atoms with Crippen LogP contribution in [0.1, 0.15) is 30.1 Å². The molecule has 1 atom stereocenters. The van der Waals surface area contributed by atoms with Crippen LogP contribution in [0.25, 0.3) is 33.6 Å². The normalized spacial score (nSPS) is 13.4. The summed E-state index contributed by atoms with van der Waals surface area (Å²) in [5.74, 6) is -1.81. The van der Waals surface area contributed by atoms with Crippen molar-refractivity contribution >= 4 is 23.3 Å². The Morgan fingerprint density at radius 2 is 1.81 bits per heavy atom. The van der Waals surface area contributed by atoms with Gasteiger partial charge in [-0.05, 0) is 60.9 Å². The molecule has 47 heavy (non-hydrogen) atoms. The Kier molecular flexibility index (Phi) is 7.94. The Bertz CT molecular complexity index is 2100. The molecule has 1 amide bonds. The first kappa shape index (κ1) is 30.2. The van der Waals surface area contributed by atoms with Crippen molar-refractivity contribution in [2.24, 2.45) is 5.92 Å². The van der Waals surface area contributed by atoms with Crippen LogP contribution in [-0.4, -0.2) is 25.7 Å². The summed E-state index contributed by atoms with van der Waals surface area (Å²) in [6.45, 7) is 0. The molecule has 0 bridgehead atoms. The highest BCUT2D eigenvalue weighted by molar-refractivity contribution is 6.31. The SMILES string of the molecule is O=C(Nc1ccc(-c2cnn(C(Cc3ccc(F)cc3)c3ccc(-c4c(-c5cnco5)ccc(Cl)c4F)c[n+]3[O-])c2)c(F)n1)C1CC1. The maximum absolute atomic E-state index is 15.4. The standard InChI is InChI=1S/C34H24ClF3N6O3/c35-26-10-8-25(29-15-39-18-47-29)31(32(26)37)21-5-11-27(44(46)17-21)28(13-19-1-6-23(36)7-2-19)43-16-22(14-40-43)24-9-12-30(41-33(24)38)42-34(45)20-3-4-20/h1-2,5-12,14-18,20,28H,3-4,13H2,(H,41,42,45). The van der Waals surface area contributed by atoms with Crippen molar-refractivity contribution in [2.75, 3.05) is 5.32 Å². The number of rotatable bonds is 9. The number of hydrogen-bond acceptors (Lipinski definition) is 6. The molecule has 1 unspecified atom stereocenters. The molecular weight excluding hydrogens is 633 g/mol. The lowest BCUT2D eigenvalue weighted by Gasteiger charge is -2.18. The summed E-state index contributed by atoms with van der Waals surface area (Å²) >= 11 is 6.12. The highest BCUT2D eigenvalue weighted by Crippen LogP contribution is 2.37. The topological polar surface area (TPSA) is 113 Å². The number of benzene rings is 2. The van der Waals surface area contributed by atoms with Crippen LogP contribution in [0.4, 0.5) is 19.0 Å². The van der Waals surface area contributed by atoms with Crippen LogP contribution in [0.5, 0.6) is 0 Å². The second-order valence-electron chi connectivity index (χ2n) is 11.2. The van der Waals surface area contributed by atoms with Crippen LogP contribution in [0.15, 0.2) is 96.3 Å². The third-order valence-electron chi connectivity index (χ3n) is 7.99. The van der Waals surface area contributed by atoms with Gasteiger partial charge in [0.2, 0.25) is 17.5 Å². The molecule has 0 saturated heterocycles. The molecule has 2 aromatic carbocycles. The van der Waals surface area contributed by atoms with Crippen LogP contribution in [0.2, 0.25) is 5.02 Å². The summed E-state index contributed by atoms with van der Waals surface area (Å²) < 4.78 is 51.8. The fourth-order valence-electron chi connectivity index (χ4n) is 5.40. The van der Waals surface area contributed by atoms with E-state index in [0.717, 1.165) is 12.8 Å². The average Bonchev–Trinajstić information content (AvgIpc) is 3.55. The molecule has 13 heteroatoms. The number of oxazole rings is 1. The Morgan fingerprint density at radius 1 is 1.02 bits per heavy atom. The van der Waals surface area contributed by atoms with Crippen LogP contribution >= 0.6 is 11.6 Å². The second-order valence-corrected chi connectivity index (χ2v) is 11.6. The van der Waals surface area contributed by atoms with Crippen molar-refractivity contribution in [1.29, 1.82) is 0 Å². The van der Waals surface area contributed by atoms with Crippen molar-refractivity contribution in [1.82, 2.24) is 19.7 Å². The maximum Gasteiger partial charge on any atom is 0.228 e. The summed E-state index contributed by atoms with van der Waals surface area (Å²) in [6, 6.07) is 14.2. The van der Waals surface area contributed by atoms with Gasteiger partial charge < -0.3 is 14.9 Å². The number of nitrogens with one attached hydrogen (secondary N) is 1. The van der Waals surface area contributed by atoms with E-state index < -0.39 is 23.6 Å². The molecule has 1 N–H and O–H groups in total. The first-order chi connectivity index (χ1) is 22.7. The molecule has 4 aromatic heterocycles. The number of carbonyl (C=O) groups excluding carboxylic acids is 1. The molecule has 1 aliphatic carbocycles. The van der Waals surface area contributed by atoms with Gasteiger partial charge in [-0.25, -0.2) is 18.7 Å². The molecule has 9 nitrogen and oxygen atoms in total. The smallest absolute Gasteiger partial charge is 0.228 e. The second kappa shape index (κ2) is 12.4. The zero-order chi connectivity index (χ0) is 32.7. The molecule has 0 aliphatic heterocycles. The maximum atomic E-state index is 15.4. The molecule has 1 fully saturated rings. The number of aromatic nitrogens is 5. The number of pyridine rings is 2. The molecule has 236 valence electrons. The van der Waals surface area contributed by atoms with Gasteiger partial charge in [-0.1, -0.05) is 23.7 Å². The Balaban J connectivity index is 1.25. The van der Waals surface area contributed by atoms with E-state index in [1.807, 2.05) is 0 Å². The molecular formula is C34H24ClF3N6O3. The number of carbonyl (C=O) groups is 1. The van der Waals surface area contributed by atoms with E-state index in [2.05, 4.69) is 20.4 Å². The van der Waals surface area contributed by atoms with Gasteiger partial charge in [0.25, 0.3) is 0 Å². The van der Waals surface area contributed by atoms with E-state index in [-0.39, 0.29) is 57.2 Å². The minimum absolute atomic E-state index is 0.0570.